The van der Waals surface area contributed by atoms with Gasteiger partial charge in [-0.05, 0) is 36.5 Å². The second-order valence-corrected chi connectivity index (χ2v) is 6.71. The summed E-state index contributed by atoms with van der Waals surface area (Å²) in [6.45, 7) is 9.25. The molecule has 1 aromatic rings. The minimum Gasteiger partial charge on any atom is -0.478 e. The van der Waals surface area contributed by atoms with Gasteiger partial charge in [0.2, 0.25) is 11.8 Å². The fourth-order valence-electron chi connectivity index (χ4n) is 2.29. The molecule has 132 valence electrons. The van der Waals surface area contributed by atoms with Crippen LogP contribution >= 0.6 is 0 Å². The van der Waals surface area contributed by atoms with Gasteiger partial charge in [-0.3, -0.25) is 9.59 Å². The predicted octanol–water partition coefficient (Wildman–Crippen LogP) is 2.82. The summed E-state index contributed by atoms with van der Waals surface area (Å²) in [4.78, 5) is 35.6. The molecule has 0 aliphatic rings. The molecule has 2 amide bonds. The van der Waals surface area contributed by atoms with Crippen LogP contribution in [0.5, 0.6) is 0 Å². The lowest BCUT2D eigenvalue weighted by Crippen LogP contribution is -2.47. The van der Waals surface area contributed by atoms with Crippen molar-refractivity contribution in [1.82, 2.24) is 5.32 Å². The highest BCUT2D eigenvalue weighted by Crippen LogP contribution is 2.16. The number of aromatic carboxylic acids is 1. The molecule has 6 heteroatoms. The van der Waals surface area contributed by atoms with E-state index in [0.717, 1.165) is 0 Å². The van der Waals surface area contributed by atoms with Crippen LogP contribution in [0.4, 0.5) is 5.69 Å². The van der Waals surface area contributed by atoms with Crippen molar-refractivity contribution in [1.29, 1.82) is 0 Å². The lowest BCUT2D eigenvalue weighted by atomic mass is 10.0. The van der Waals surface area contributed by atoms with Crippen LogP contribution in [0.1, 0.15) is 50.0 Å². The van der Waals surface area contributed by atoms with Gasteiger partial charge in [0.05, 0.1) is 5.56 Å². The molecule has 0 fully saturated rings. The summed E-state index contributed by atoms with van der Waals surface area (Å²) < 4.78 is 0. The fraction of sp³-hybridized carbons (Fsp3) is 0.500. The molecular weight excluding hydrogens is 308 g/mol. The van der Waals surface area contributed by atoms with Crippen molar-refractivity contribution >= 4 is 23.5 Å². The van der Waals surface area contributed by atoms with Gasteiger partial charge in [-0.1, -0.05) is 33.8 Å². The van der Waals surface area contributed by atoms with Gasteiger partial charge < -0.3 is 15.7 Å². The summed E-state index contributed by atoms with van der Waals surface area (Å²) in [6.07, 6.45) is 0.351. The molecule has 1 atom stereocenters. The van der Waals surface area contributed by atoms with E-state index in [2.05, 4.69) is 10.6 Å². The molecule has 0 spiro atoms. The van der Waals surface area contributed by atoms with Crippen LogP contribution in [-0.2, 0) is 9.59 Å². The monoisotopic (exact) mass is 334 g/mol. The fourth-order valence-corrected chi connectivity index (χ4v) is 2.29. The zero-order valence-electron chi connectivity index (χ0n) is 14.8. The number of aryl methyl sites for hydroxylation is 1. The summed E-state index contributed by atoms with van der Waals surface area (Å²) in [5, 5.41) is 14.6. The normalized spacial score (nSPS) is 12.1. The second kappa shape index (κ2) is 8.47. The summed E-state index contributed by atoms with van der Waals surface area (Å²) in [7, 11) is 0. The molecule has 3 N–H and O–H groups in total. The standard InChI is InChI=1S/C18H26N2O4/c1-10(2)8-15(21)20-16(11(3)4)17(22)19-13-7-6-12(5)14(9-13)18(23)24/h6-7,9-11,16H,8H2,1-5H3,(H,19,22)(H,20,21)(H,23,24). The number of amides is 2. The van der Waals surface area contributed by atoms with E-state index in [1.54, 1.807) is 19.1 Å². The van der Waals surface area contributed by atoms with E-state index in [1.807, 2.05) is 27.7 Å². The van der Waals surface area contributed by atoms with Crippen molar-refractivity contribution in [2.24, 2.45) is 11.8 Å². The quantitative estimate of drug-likeness (QED) is 0.714. The minimum absolute atomic E-state index is 0.0921. The van der Waals surface area contributed by atoms with Gasteiger partial charge >= 0.3 is 5.97 Å². The van der Waals surface area contributed by atoms with E-state index < -0.39 is 12.0 Å². The number of carbonyl (C=O) groups excluding carboxylic acids is 2. The Labute approximate surface area is 142 Å². The number of carboxylic acids is 1. The van der Waals surface area contributed by atoms with Crippen LogP contribution in [0.15, 0.2) is 18.2 Å². The Morgan fingerprint density at radius 2 is 1.75 bits per heavy atom. The first-order chi connectivity index (χ1) is 11.1. The zero-order chi connectivity index (χ0) is 18.4. The Balaban J connectivity index is 2.88. The molecule has 1 rings (SSSR count). The van der Waals surface area contributed by atoms with E-state index in [0.29, 0.717) is 17.7 Å². The first-order valence-corrected chi connectivity index (χ1v) is 8.06. The molecule has 24 heavy (non-hydrogen) atoms. The third-order valence-corrected chi connectivity index (χ3v) is 3.59. The largest absolute Gasteiger partial charge is 0.478 e. The Hall–Kier alpha value is -2.37. The molecule has 1 unspecified atom stereocenters. The van der Waals surface area contributed by atoms with Crippen molar-refractivity contribution in [2.45, 2.75) is 47.1 Å². The van der Waals surface area contributed by atoms with E-state index in [1.165, 1.54) is 6.07 Å². The summed E-state index contributed by atoms with van der Waals surface area (Å²) in [5.74, 6) is -1.47. The summed E-state index contributed by atoms with van der Waals surface area (Å²) >= 11 is 0. The topological polar surface area (TPSA) is 95.5 Å². The number of nitrogens with one attached hydrogen (secondary N) is 2. The van der Waals surface area contributed by atoms with E-state index in [9.17, 15) is 14.4 Å². The first-order valence-electron chi connectivity index (χ1n) is 8.06. The number of carbonyl (C=O) groups is 3. The minimum atomic E-state index is -1.05. The highest BCUT2D eigenvalue weighted by atomic mass is 16.4. The second-order valence-electron chi connectivity index (χ2n) is 6.71. The number of carboxylic acid groups (broad SMARTS) is 1. The summed E-state index contributed by atoms with van der Waals surface area (Å²) in [6, 6.07) is 4.03. The average molecular weight is 334 g/mol. The number of anilines is 1. The lowest BCUT2D eigenvalue weighted by Gasteiger charge is -2.22. The molecule has 0 aliphatic heterocycles. The first kappa shape index (κ1) is 19.7. The average Bonchev–Trinajstić information content (AvgIpc) is 2.45. The molecule has 0 aliphatic carbocycles. The molecule has 1 aromatic carbocycles. The van der Waals surface area contributed by atoms with Crippen molar-refractivity contribution in [2.75, 3.05) is 5.32 Å². The molecule has 0 saturated heterocycles. The number of hydrogen-bond acceptors (Lipinski definition) is 3. The molecule has 0 bridgehead atoms. The van der Waals surface area contributed by atoms with Crippen molar-refractivity contribution < 1.29 is 19.5 Å². The number of rotatable bonds is 7. The molecule has 6 nitrogen and oxygen atoms in total. The molecular formula is C18H26N2O4. The van der Waals surface area contributed by atoms with Crippen molar-refractivity contribution in [3.8, 4) is 0 Å². The number of benzene rings is 1. The van der Waals surface area contributed by atoms with Crippen LogP contribution in [0.3, 0.4) is 0 Å². The smallest absolute Gasteiger partial charge is 0.336 e. The van der Waals surface area contributed by atoms with Crippen LogP contribution in [0.25, 0.3) is 0 Å². The van der Waals surface area contributed by atoms with Gasteiger partial charge in [0, 0.05) is 12.1 Å². The van der Waals surface area contributed by atoms with Crippen LogP contribution in [-0.4, -0.2) is 28.9 Å². The van der Waals surface area contributed by atoms with Crippen molar-refractivity contribution in [3.63, 3.8) is 0 Å². The SMILES string of the molecule is Cc1ccc(NC(=O)C(NC(=O)CC(C)C)C(C)C)cc1C(=O)O. The van der Waals surface area contributed by atoms with Gasteiger partial charge in [-0.25, -0.2) is 4.79 Å². The van der Waals surface area contributed by atoms with Gasteiger partial charge in [0.15, 0.2) is 0 Å². The van der Waals surface area contributed by atoms with Gasteiger partial charge in [0.1, 0.15) is 6.04 Å². The number of hydrogen-bond donors (Lipinski definition) is 3. The third kappa shape index (κ3) is 5.68. The molecule has 0 aromatic heterocycles. The molecule has 0 saturated carbocycles. The van der Waals surface area contributed by atoms with E-state index in [4.69, 9.17) is 5.11 Å². The Kier molecular flexibility index (Phi) is 6.95. The third-order valence-electron chi connectivity index (χ3n) is 3.59. The Bertz CT molecular complexity index is 623. The van der Waals surface area contributed by atoms with Crippen molar-refractivity contribution in [3.05, 3.63) is 29.3 Å². The zero-order valence-corrected chi connectivity index (χ0v) is 14.8. The maximum Gasteiger partial charge on any atom is 0.336 e. The maximum absolute atomic E-state index is 12.5. The highest BCUT2D eigenvalue weighted by molar-refractivity contribution is 5.98. The predicted molar refractivity (Wildman–Crippen MR) is 93.0 cm³/mol. The van der Waals surface area contributed by atoms with Crippen LogP contribution in [0.2, 0.25) is 0 Å². The van der Waals surface area contributed by atoms with Gasteiger partial charge in [-0.2, -0.15) is 0 Å². The highest BCUT2D eigenvalue weighted by Gasteiger charge is 2.24. The van der Waals surface area contributed by atoms with Gasteiger partial charge in [0.25, 0.3) is 0 Å². The lowest BCUT2D eigenvalue weighted by molar-refractivity contribution is -0.127. The molecule has 0 heterocycles. The molecule has 0 radical (unpaired) electrons. The summed E-state index contributed by atoms with van der Waals surface area (Å²) in [5.41, 5.74) is 1.15. The van der Waals surface area contributed by atoms with Crippen LogP contribution in [0, 0.1) is 18.8 Å². The van der Waals surface area contributed by atoms with E-state index >= 15 is 0 Å². The van der Waals surface area contributed by atoms with Gasteiger partial charge in [-0.15, -0.1) is 0 Å². The maximum atomic E-state index is 12.5. The van der Waals surface area contributed by atoms with E-state index in [-0.39, 0.29) is 29.2 Å². The Morgan fingerprint density at radius 3 is 2.25 bits per heavy atom. The van der Waals surface area contributed by atoms with Crippen LogP contribution < -0.4 is 10.6 Å². The Morgan fingerprint density at radius 1 is 1.12 bits per heavy atom.